The van der Waals surface area contributed by atoms with Crippen LogP contribution in [0.1, 0.15) is 27.2 Å². The van der Waals surface area contributed by atoms with E-state index in [1.54, 1.807) is 0 Å². The molecule has 2 N–H and O–H groups in total. The summed E-state index contributed by atoms with van der Waals surface area (Å²) in [5, 5.41) is 0. The van der Waals surface area contributed by atoms with Gasteiger partial charge >= 0.3 is 0 Å². The number of aryl methyl sites for hydroxylation is 1. The Kier molecular flexibility index (Phi) is 4.35. The summed E-state index contributed by atoms with van der Waals surface area (Å²) in [6.07, 6.45) is 5.01. The van der Waals surface area contributed by atoms with E-state index in [2.05, 4.69) is 42.3 Å². The summed E-state index contributed by atoms with van der Waals surface area (Å²) in [6.45, 7) is 9.15. The number of rotatable bonds is 6. The molecule has 4 nitrogen and oxygen atoms in total. The van der Waals surface area contributed by atoms with Crippen molar-refractivity contribution in [2.45, 2.75) is 33.7 Å². The van der Waals surface area contributed by atoms with Crippen molar-refractivity contribution in [3.63, 3.8) is 0 Å². The smallest absolute Gasteiger partial charge is 0.205 e. The monoisotopic (exact) mass is 224 g/mol. The van der Waals surface area contributed by atoms with Crippen LogP contribution in [0.4, 0.5) is 5.95 Å². The van der Waals surface area contributed by atoms with Gasteiger partial charge in [0.25, 0.3) is 0 Å². The second-order valence-corrected chi connectivity index (χ2v) is 5.15. The molecule has 0 amide bonds. The zero-order chi connectivity index (χ0) is 12.2. The summed E-state index contributed by atoms with van der Waals surface area (Å²) in [6, 6.07) is 0. The van der Waals surface area contributed by atoms with Gasteiger partial charge in [0, 0.05) is 32.5 Å². The van der Waals surface area contributed by atoms with Crippen molar-refractivity contribution < 1.29 is 0 Å². The van der Waals surface area contributed by atoms with Gasteiger partial charge < -0.3 is 15.2 Å². The number of nitrogens with zero attached hydrogens (tertiary/aromatic N) is 3. The van der Waals surface area contributed by atoms with Crippen LogP contribution in [0.25, 0.3) is 0 Å². The molecule has 92 valence electrons. The predicted octanol–water partition coefficient (Wildman–Crippen LogP) is 1.71. The van der Waals surface area contributed by atoms with Gasteiger partial charge in [-0.05, 0) is 18.4 Å². The Bertz CT molecular complexity index is 317. The molecule has 0 aromatic carbocycles. The van der Waals surface area contributed by atoms with Crippen molar-refractivity contribution in [3.05, 3.63) is 12.4 Å². The lowest BCUT2D eigenvalue weighted by Gasteiger charge is -2.29. The fourth-order valence-corrected chi connectivity index (χ4v) is 1.83. The highest BCUT2D eigenvalue weighted by Crippen LogP contribution is 2.18. The molecule has 0 atom stereocenters. The molecule has 0 unspecified atom stereocenters. The average Bonchev–Trinajstić information content (AvgIpc) is 2.66. The van der Waals surface area contributed by atoms with Crippen LogP contribution in [-0.2, 0) is 6.54 Å². The molecular formula is C12H24N4. The van der Waals surface area contributed by atoms with Crippen LogP contribution in [0.5, 0.6) is 0 Å². The van der Waals surface area contributed by atoms with Crippen LogP contribution >= 0.6 is 0 Å². The first-order valence-electron chi connectivity index (χ1n) is 5.92. The van der Waals surface area contributed by atoms with Crippen molar-refractivity contribution >= 4 is 5.95 Å². The van der Waals surface area contributed by atoms with Gasteiger partial charge in [0.05, 0.1) is 0 Å². The normalized spacial score (nSPS) is 11.8. The second-order valence-electron chi connectivity index (χ2n) is 5.15. The highest BCUT2D eigenvalue weighted by Gasteiger charge is 2.20. The molecule has 1 rings (SSSR count). The third kappa shape index (κ3) is 3.23. The molecule has 0 saturated carbocycles. The minimum atomic E-state index is 0.123. The number of hydrogen-bond acceptors (Lipinski definition) is 3. The molecular weight excluding hydrogens is 200 g/mol. The number of anilines is 1. The van der Waals surface area contributed by atoms with Crippen molar-refractivity contribution in [1.82, 2.24) is 9.55 Å². The first-order chi connectivity index (χ1) is 7.50. The first kappa shape index (κ1) is 13.0. The summed E-state index contributed by atoms with van der Waals surface area (Å²) in [5.41, 5.74) is 5.87. The Morgan fingerprint density at radius 2 is 2.19 bits per heavy atom. The van der Waals surface area contributed by atoms with Gasteiger partial charge in [-0.2, -0.15) is 0 Å². The SMILES string of the molecule is CCCn1ccnc1N(C)CC(C)(C)CN. The van der Waals surface area contributed by atoms with Crippen molar-refractivity contribution in [3.8, 4) is 0 Å². The zero-order valence-corrected chi connectivity index (χ0v) is 10.9. The van der Waals surface area contributed by atoms with E-state index in [0.717, 1.165) is 25.5 Å². The maximum atomic E-state index is 5.75. The van der Waals surface area contributed by atoms with Crippen molar-refractivity contribution in [1.29, 1.82) is 0 Å². The highest BCUT2D eigenvalue weighted by atomic mass is 15.3. The molecule has 0 aliphatic carbocycles. The molecule has 1 aromatic rings. The fraction of sp³-hybridized carbons (Fsp3) is 0.750. The van der Waals surface area contributed by atoms with Crippen LogP contribution in [-0.4, -0.2) is 29.7 Å². The average molecular weight is 224 g/mol. The molecule has 16 heavy (non-hydrogen) atoms. The Morgan fingerprint density at radius 3 is 2.75 bits per heavy atom. The maximum absolute atomic E-state index is 5.75. The van der Waals surface area contributed by atoms with E-state index in [1.165, 1.54) is 0 Å². The van der Waals surface area contributed by atoms with E-state index in [1.807, 2.05) is 12.4 Å². The van der Waals surface area contributed by atoms with E-state index >= 15 is 0 Å². The highest BCUT2D eigenvalue weighted by molar-refractivity contribution is 5.30. The molecule has 0 bridgehead atoms. The second kappa shape index (κ2) is 5.34. The summed E-state index contributed by atoms with van der Waals surface area (Å²) in [5.74, 6) is 1.03. The van der Waals surface area contributed by atoms with Gasteiger partial charge in [-0.15, -0.1) is 0 Å². The summed E-state index contributed by atoms with van der Waals surface area (Å²) < 4.78 is 2.19. The Morgan fingerprint density at radius 1 is 1.50 bits per heavy atom. The van der Waals surface area contributed by atoms with Gasteiger partial charge in [0.1, 0.15) is 0 Å². The van der Waals surface area contributed by atoms with Gasteiger partial charge in [0.2, 0.25) is 5.95 Å². The third-order valence-electron chi connectivity index (χ3n) is 2.72. The van der Waals surface area contributed by atoms with E-state index in [-0.39, 0.29) is 5.41 Å². The maximum Gasteiger partial charge on any atom is 0.205 e. The quantitative estimate of drug-likeness (QED) is 0.800. The van der Waals surface area contributed by atoms with Gasteiger partial charge in [0.15, 0.2) is 0 Å². The van der Waals surface area contributed by atoms with Crippen LogP contribution in [0.15, 0.2) is 12.4 Å². The summed E-state index contributed by atoms with van der Waals surface area (Å²) in [4.78, 5) is 6.58. The first-order valence-corrected chi connectivity index (χ1v) is 5.92. The topological polar surface area (TPSA) is 47.1 Å². The van der Waals surface area contributed by atoms with E-state index in [9.17, 15) is 0 Å². The van der Waals surface area contributed by atoms with E-state index in [4.69, 9.17) is 5.73 Å². The minimum absolute atomic E-state index is 0.123. The fourth-order valence-electron chi connectivity index (χ4n) is 1.83. The molecule has 4 heteroatoms. The van der Waals surface area contributed by atoms with Gasteiger partial charge in [-0.1, -0.05) is 20.8 Å². The minimum Gasteiger partial charge on any atom is -0.345 e. The standard InChI is InChI=1S/C12H24N4/c1-5-7-16-8-6-14-11(16)15(4)10-12(2,3)9-13/h6,8H,5,7,9-10,13H2,1-4H3. The lowest BCUT2D eigenvalue weighted by Crippen LogP contribution is -2.37. The lowest BCUT2D eigenvalue weighted by molar-refractivity contribution is 0.381. The lowest BCUT2D eigenvalue weighted by atomic mass is 9.93. The number of nitrogens with two attached hydrogens (primary N) is 1. The van der Waals surface area contributed by atoms with Gasteiger partial charge in [-0.25, -0.2) is 4.98 Å². The van der Waals surface area contributed by atoms with E-state index in [0.29, 0.717) is 6.54 Å². The molecule has 0 aliphatic rings. The van der Waals surface area contributed by atoms with E-state index < -0.39 is 0 Å². The zero-order valence-electron chi connectivity index (χ0n) is 10.9. The van der Waals surface area contributed by atoms with Gasteiger partial charge in [-0.3, -0.25) is 0 Å². The van der Waals surface area contributed by atoms with Crippen LogP contribution < -0.4 is 10.6 Å². The molecule has 0 radical (unpaired) electrons. The molecule has 1 aromatic heterocycles. The molecule has 0 spiro atoms. The Hall–Kier alpha value is -1.03. The molecule has 0 aliphatic heterocycles. The number of imidazole rings is 1. The Balaban J connectivity index is 2.72. The summed E-state index contributed by atoms with van der Waals surface area (Å²) >= 11 is 0. The summed E-state index contributed by atoms with van der Waals surface area (Å²) in [7, 11) is 2.08. The van der Waals surface area contributed by atoms with Crippen molar-refractivity contribution in [2.75, 3.05) is 25.0 Å². The predicted molar refractivity (Wildman–Crippen MR) is 68.6 cm³/mol. The van der Waals surface area contributed by atoms with Crippen LogP contribution in [0, 0.1) is 5.41 Å². The Labute approximate surface area is 98.5 Å². The van der Waals surface area contributed by atoms with Crippen LogP contribution in [0.3, 0.4) is 0 Å². The third-order valence-corrected chi connectivity index (χ3v) is 2.72. The van der Waals surface area contributed by atoms with Crippen molar-refractivity contribution in [2.24, 2.45) is 11.1 Å². The number of aromatic nitrogens is 2. The largest absolute Gasteiger partial charge is 0.345 e. The number of hydrogen-bond donors (Lipinski definition) is 1. The molecule has 1 heterocycles. The molecule has 0 fully saturated rings. The molecule has 0 saturated heterocycles. The van der Waals surface area contributed by atoms with Crippen LogP contribution in [0.2, 0.25) is 0 Å².